The number of rotatable bonds is 4. The van der Waals surface area contributed by atoms with Gasteiger partial charge in [0.15, 0.2) is 5.82 Å². The summed E-state index contributed by atoms with van der Waals surface area (Å²) in [7, 11) is 0. The van der Waals surface area contributed by atoms with Crippen molar-refractivity contribution in [2.45, 2.75) is 44.3 Å². The zero-order valence-corrected chi connectivity index (χ0v) is 19.6. The van der Waals surface area contributed by atoms with Crippen LogP contribution < -0.4 is 11.5 Å². The molecule has 4 atom stereocenters. The third-order valence-electron chi connectivity index (χ3n) is 7.03. The van der Waals surface area contributed by atoms with Gasteiger partial charge < -0.3 is 21.7 Å². The van der Waals surface area contributed by atoms with Crippen molar-refractivity contribution in [1.82, 2.24) is 14.6 Å². The van der Waals surface area contributed by atoms with Crippen molar-refractivity contribution < 1.29 is 14.6 Å². The van der Waals surface area contributed by atoms with Crippen LogP contribution in [-0.4, -0.2) is 37.0 Å². The minimum atomic E-state index is -1.04. The maximum absolute atomic E-state index is 14.6. The molecule has 0 unspecified atom stereocenters. The lowest BCUT2D eigenvalue weighted by Crippen LogP contribution is -2.34. The number of aliphatic hydroxyl groups is 2. The number of anilines is 2. The van der Waals surface area contributed by atoms with Gasteiger partial charge in [0.05, 0.1) is 33.6 Å². The van der Waals surface area contributed by atoms with Crippen LogP contribution in [0.5, 0.6) is 0 Å². The highest BCUT2D eigenvalue weighted by Crippen LogP contribution is 2.49. The summed E-state index contributed by atoms with van der Waals surface area (Å²) in [5.41, 5.74) is 14.1. The fraction of sp³-hybridized carbons (Fsp3) is 0.333. The molecule has 1 fully saturated rings. The SMILES string of the molecule is C[C@]1(CCc2ccc3cc(Br)c(N)nc3c2)C[C@@H](c2cc(F)c3c(N)ccnn23)[C@H](O)[C@@H]1O. The lowest BCUT2D eigenvalue weighted by atomic mass is 9.80. The molecule has 3 heterocycles. The molecule has 1 aliphatic rings. The molecule has 1 aliphatic carbocycles. The van der Waals surface area contributed by atoms with Crippen molar-refractivity contribution in [3.05, 3.63) is 64.1 Å². The largest absolute Gasteiger partial charge is 0.397 e. The lowest BCUT2D eigenvalue weighted by Gasteiger charge is -2.28. The third kappa shape index (κ3) is 3.64. The standard InChI is InChI=1S/C24H25BrFN5O2/c1-24(6-4-12-2-3-13-9-15(25)23(28)30-18(13)8-12)11-14(21(32)22(24)33)19-10-16(26)20-17(27)5-7-29-31(19)20/h2-3,5,7-10,14,21-22,32-33H,4,6,11,27H2,1H3,(H2,28,30)/t14-,21-,22-,24-/m0/s1. The average Bonchev–Trinajstić information content (AvgIpc) is 3.23. The predicted molar refractivity (Wildman–Crippen MR) is 129 cm³/mol. The Balaban J connectivity index is 1.40. The van der Waals surface area contributed by atoms with Crippen LogP contribution in [-0.2, 0) is 6.42 Å². The van der Waals surface area contributed by atoms with Crippen LogP contribution in [0.3, 0.4) is 0 Å². The zero-order chi connectivity index (χ0) is 23.5. The van der Waals surface area contributed by atoms with E-state index in [4.69, 9.17) is 11.5 Å². The number of nitrogens with zero attached hydrogens (tertiary/aromatic N) is 3. The summed E-state index contributed by atoms with van der Waals surface area (Å²) in [6.45, 7) is 1.96. The van der Waals surface area contributed by atoms with Crippen molar-refractivity contribution in [1.29, 1.82) is 0 Å². The second-order valence-corrected chi connectivity index (χ2v) is 10.1. The number of nitrogen functional groups attached to an aromatic ring is 2. The number of aryl methyl sites for hydroxylation is 1. The fourth-order valence-electron chi connectivity index (χ4n) is 5.09. The molecule has 7 nitrogen and oxygen atoms in total. The molecule has 0 amide bonds. The highest BCUT2D eigenvalue weighted by Gasteiger charge is 2.50. The molecule has 0 radical (unpaired) electrons. The van der Waals surface area contributed by atoms with Gasteiger partial charge in [0.25, 0.3) is 0 Å². The zero-order valence-electron chi connectivity index (χ0n) is 18.0. The van der Waals surface area contributed by atoms with Gasteiger partial charge in [-0.05, 0) is 70.4 Å². The van der Waals surface area contributed by atoms with E-state index in [9.17, 15) is 14.6 Å². The van der Waals surface area contributed by atoms with Crippen LogP contribution in [0, 0.1) is 11.2 Å². The number of hydrogen-bond donors (Lipinski definition) is 4. The quantitative estimate of drug-likeness (QED) is 0.329. The van der Waals surface area contributed by atoms with Crippen molar-refractivity contribution in [2.24, 2.45) is 5.41 Å². The van der Waals surface area contributed by atoms with Crippen LogP contribution in [0.25, 0.3) is 16.4 Å². The van der Waals surface area contributed by atoms with E-state index in [0.29, 0.717) is 30.8 Å². The maximum atomic E-state index is 14.6. The molecule has 0 aliphatic heterocycles. The molecular weight excluding hydrogens is 489 g/mol. The Morgan fingerprint density at radius 1 is 1.21 bits per heavy atom. The molecule has 172 valence electrons. The van der Waals surface area contributed by atoms with E-state index in [2.05, 4.69) is 26.0 Å². The summed E-state index contributed by atoms with van der Waals surface area (Å²) in [5.74, 6) is -0.517. The van der Waals surface area contributed by atoms with Crippen molar-refractivity contribution in [3.8, 4) is 0 Å². The highest BCUT2D eigenvalue weighted by molar-refractivity contribution is 9.10. The molecular formula is C24H25BrFN5O2. The number of pyridine rings is 1. The number of halogens is 2. The van der Waals surface area contributed by atoms with Gasteiger partial charge in [-0.15, -0.1) is 0 Å². The molecule has 0 spiro atoms. The molecule has 0 saturated heterocycles. The molecule has 0 bridgehead atoms. The molecule has 1 aromatic carbocycles. The number of benzene rings is 1. The summed E-state index contributed by atoms with van der Waals surface area (Å²) < 4.78 is 16.8. The van der Waals surface area contributed by atoms with Gasteiger partial charge in [-0.3, -0.25) is 0 Å². The average molecular weight is 514 g/mol. The third-order valence-corrected chi connectivity index (χ3v) is 7.67. The number of nitrogens with two attached hydrogens (primary N) is 2. The van der Waals surface area contributed by atoms with Gasteiger partial charge in [0.1, 0.15) is 11.3 Å². The van der Waals surface area contributed by atoms with E-state index in [1.807, 2.05) is 31.2 Å². The van der Waals surface area contributed by atoms with Gasteiger partial charge in [0, 0.05) is 17.5 Å². The Morgan fingerprint density at radius 3 is 2.79 bits per heavy atom. The van der Waals surface area contributed by atoms with E-state index >= 15 is 0 Å². The number of hydrogen-bond acceptors (Lipinski definition) is 6. The topological polar surface area (TPSA) is 123 Å². The molecule has 5 rings (SSSR count). The second kappa shape index (κ2) is 7.93. The highest BCUT2D eigenvalue weighted by atomic mass is 79.9. The van der Waals surface area contributed by atoms with Gasteiger partial charge in [-0.2, -0.15) is 5.10 Å². The first-order valence-corrected chi connectivity index (χ1v) is 11.6. The Kier molecular flexibility index (Phi) is 5.30. The number of aliphatic hydroxyl groups excluding tert-OH is 2. The Bertz CT molecular complexity index is 1380. The first-order chi connectivity index (χ1) is 15.7. The fourth-order valence-corrected chi connectivity index (χ4v) is 5.43. The summed E-state index contributed by atoms with van der Waals surface area (Å²) in [5, 5.41) is 27.1. The maximum Gasteiger partial charge on any atom is 0.152 e. The van der Waals surface area contributed by atoms with Crippen LogP contribution in [0.2, 0.25) is 0 Å². The van der Waals surface area contributed by atoms with E-state index in [1.165, 1.54) is 22.8 Å². The minimum absolute atomic E-state index is 0.192. The minimum Gasteiger partial charge on any atom is -0.397 e. The monoisotopic (exact) mass is 513 g/mol. The lowest BCUT2D eigenvalue weighted by molar-refractivity contribution is -0.0204. The summed E-state index contributed by atoms with van der Waals surface area (Å²) in [4.78, 5) is 4.44. The normalized spacial score (nSPS) is 25.3. The second-order valence-electron chi connectivity index (χ2n) is 9.25. The predicted octanol–water partition coefficient (Wildman–Crippen LogP) is 3.80. The summed E-state index contributed by atoms with van der Waals surface area (Å²) in [6.07, 6.45) is 1.33. The smallest absolute Gasteiger partial charge is 0.152 e. The summed E-state index contributed by atoms with van der Waals surface area (Å²) in [6, 6.07) is 10.9. The van der Waals surface area contributed by atoms with E-state index in [-0.39, 0.29) is 11.2 Å². The van der Waals surface area contributed by atoms with E-state index in [0.717, 1.165) is 20.9 Å². The van der Waals surface area contributed by atoms with Crippen LogP contribution >= 0.6 is 15.9 Å². The van der Waals surface area contributed by atoms with Crippen molar-refractivity contribution in [2.75, 3.05) is 11.5 Å². The molecule has 4 aromatic rings. The Morgan fingerprint density at radius 2 is 2.00 bits per heavy atom. The number of fused-ring (bicyclic) bond motifs is 2. The Labute approximate surface area is 198 Å². The summed E-state index contributed by atoms with van der Waals surface area (Å²) >= 11 is 3.40. The van der Waals surface area contributed by atoms with Gasteiger partial charge in [-0.1, -0.05) is 19.1 Å². The first-order valence-electron chi connectivity index (χ1n) is 10.8. The van der Waals surface area contributed by atoms with Crippen LogP contribution in [0.1, 0.15) is 36.9 Å². The van der Waals surface area contributed by atoms with E-state index < -0.39 is 29.4 Å². The molecule has 33 heavy (non-hydrogen) atoms. The Hall–Kier alpha value is -2.75. The molecule has 9 heteroatoms. The van der Waals surface area contributed by atoms with Crippen LogP contribution in [0.4, 0.5) is 15.9 Å². The molecule has 6 N–H and O–H groups in total. The first kappa shape index (κ1) is 22.1. The van der Waals surface area contributed by atoms with Crippen LogP contribution in [0.15, 0.2) is 47.1 Å². The van der Waals surface area contributed by atoms with Crippen molar-refractivity contribution >= 4 is 43.9 Å². The molecule has 1 saturated carbocycles. The van der Waals surface area contributed by atoms with Crippen molar-refractivity contribution in [3.63, 3.8) is 0 Å². The molecule has 3 aromatic heterocycles. The van der Waals surface area contributed by atoms with Gasteiger partial charge in [-0.25, -0.2) is 13.9 Å². The van der Waals surface area contributed by atoms with Gasteiger partial charge in [0.2, 0.25) is 0 Å². The number of aromatic nitrogens is 3. The van der Waals surface area contributed by atoms with Gasteiger partial charge >= 0.3 is 0 Å². The van der Waals surface area contributed by atoms with E-state index in [1.54, 1.807) is 0 Å².